The highest BCUT2D eigenvalue weighted by Crippen LogP contribution is 2.26. The van der Waals surface area contributed by atoms with Gasteiger partial charge >= 0.3 is 0 Å². The van der Waals surface area contributed by atoms with Gasteiger partial charge in [0.2, 0.25) is 5.91 Å². The maximum absolute atomic E-state index is 12.8. The number of halogens is 1. The van der Waals surface area contributed by atoms with Crippen LogP contribution in [0, 0.1) is 5.92 Å². The fourth-order valence-corrected chi connectivity index (χ4v) is 4.26. The first-order valence-corrected chi connectivity index (χ1v) is 10.2. The molecule has 4 heteroatoms. The van der Waals surface area contributed by atoms with Crippen LogP contribution in [-0.2, 0) is 11.3 Å². The van der Waals surface area contributed by atoms with Crippen LogP contribution >= 0.6 is 15.9 Å². The lowest BCUT2D eigenvalue weighted by Gasteiger charge is -2.31. The summed E-state index contributed by atoms with van der Waals surface area (Å²) in [5.41, 5.74) is 2.22. The van der Waals surface area contributed by atoms with Gasteiger partial charge in [0, 0.05) is 28.0 Å². The van der Waals surface area contributed by atoms with E-state index in [4.69, 9.17) is 0 Å². The summed E-state index contributed by atoms with van der Waals surface area (Å²) >= 11 is 3.53. The summed E-state index contributed by atoms with van der Waals surface area (Å²) in [7, 11) is 0. The van der Waals surface area contributed by atoms with Gasteiger partial charge in [0.05, 0.1) is 0 Å². The largest absolute Gasteiger partial charge is 0.325 e. The second-order valence-corrected chi connectivity index (χ2v) is 8.11. The summed E-state index contributed by atoms with van der Waals surface area (Å²) in [6.07, 6.45) is 1.81. The number of hydrogen-bond acceptors (Lipinski definition) is 2. The summed E-state index contributed by atoms with van der Waals surface area (Å²) in [5, 5.41) is 5.41. The third kappa shape index (κ3) is 4.40. The lowest BCUT2D eigenvalue weighted by atomic mass is 9.95. The molecule has 4 rings (SSSR count). The zero-order valence-electron chi connectivity index (χ0n) is 15.2. The summed E-state index contributed by atoms with van der Waals surface area (Å²) in [6, 6.07) is 22.7. The minimum Gasteiger partial charge on any atom is -0.325 e. The molecular weight excluding hydrogens is 400 g/mol. The number of fused-ring (bicyclic) bond motifs is 1. The molecule has 1 saturated heterocycles. The van der Waals surface area contributed by atoms with Crippen LogP contribution in [0.4, 0.5) is 5.69 Å². The van der Waals surface area contributed by atoms with Crippen LogP contribution < -0.4 is 5.32 Å². The molecule has 0 saturated carbocycles. The van der Waals surface area contributed by atoms with Gasteiger partial charge in [-0.1, -0.05) is 64.5 Å². The number of nitrogens with zero attached hydrogens (tertiary/aromatic N) is 1. The van der Waals surface area contributed by atoms with Gasteiger partial charge in [0.25, 0.3) is 0 Å². The molecule has 1 N–H and O–H groups in total. The molecule has 3 aromatic carbocycles. The van der Waals surface area contributed by atoms with Gasteiger partial charge in [-0.3, -0.25) is 9.69 Å². The smallest absolute Gasteiger partial charge is 0.227 e. The highest BCUT2D eigenvalue weighted by molar-refractivity contribution is 9.10. The van der Waals surface area contributed by atoms with Crippen LogP contribution in [0.3, 0.4) is 0 Å². The number of benzene rings is 3. The fraction of sp³-hybridized carbons (Fsp3) is 0.261. The van der Waals surface area contributed by atoms with Crippen molar-refractivity contribution in [3.05, 3.63) is 76.8 Å². The molecule has 0 aromatic heterocycles. The molecule has 3 aromatic rings. The van der Waals surface area contributed by atoms with E-state index in [9.17, 15) is 4.79 Å². The molecule has 0 radical (unpaired) electrons. The van der Waals surface area contributed by atoms with Crippen molar-refractivity contribution in [2.24, 2.45) is 5.92 Å². The molecule has 0 spiro atoms. The number of piperidine rings is 1. The Hall–Kier alpha value is -2.17. The summed E-state index contributed by atoms with van der Waals surface area (Å²) in [6.45, 7) is 2.86. The third-order valence-corrected chi connectivity index (χ3v) is 5.79. The first-order chi connectivity index (χ1) is 13.2. The molecule has 0 unspecified atom stereocenters. The Balaban J connectivity index is 1.36. The second kappa shape index (κ2) is 8.24. The van der Waals surface area contributed by atoms with Crippen molar-refractivity contribution in [3.63, 3.8) is 0 Å². The number of carbonyl (C=O) groups excluding carboxylic acids is 1. The molecule has 1 amide bonds. The van der Waals surface area contributed by atoms with Gasteiger partial charge in [-0.05, 0) is 55.1 Å². The van der Waals surface area contributed by atoms with E-state index in [1.807, 2.05) is 30.3 Å². The van der Waals surface area contributed by atoms with Crippen LogP contribution in [0.15, 0.2) is 71.2 Å². The van der Waals surface area contributed by atoms with E-state index in [-0.39, 0.29) is 11.8 Å². The molecule has 138 valence electrons. The average molecular weight is 423 g/mol. The summed E-state index contributed by atoms with van der Waals surface area (Å²) < 4.78 is 1.12. The normalized spacial score (nSPS) is 15.7. The van der Waals surface area contributed by atoms with Gasteiger partial charge in [0.1, 0.15) is 0 Å². The molecule has 1 aliphatic heterocycles. The van der Waals surface area contributed by atoms with Crippen LogP contribution in [0.5, 0.6) is 0 Å². The van der Waals surface area contributed by atoms with Crippen molar-refractivity contribution in [2.45, 2.75) is 19.4 Å². The number of likely N-dealkylation sites (tertiary alicyclic amines) is 1. The van der Waals surface area contributed by atoms with E-state index in [1.54, 1.807) is 0 Å². The van der Waals surface area contributed by atoms with Crippen LogP contribution in [-0.4, -0.2) is 23.9 Å². The number of nitrogens with one attached hydrogen (secondary N) is 1. The Morgan fingerprint density at radius 1 is 1.00 bits per heavy atom. The lowest BCUT2D eigenvalue weighted by Crippen LogP contribution is -2.37. The van der Waals surface area contributed by atoms with Crippen molar-refractivity contribution in [3.8, 4) is 0 Å². The lowest BCUT2D eigenvalue weighted by molar-refractivity contribution is -0.121. The maximum Gasteiger partial charge on any atom is 0.227 e. The van der Waals surface area contributed by atoms with E-state index < -0.39 is 0 Å². The molecule has 1 aliphatic rings. The van der Waals surface area contributed by atoms with E-state index >= 15 is 0 Å². The topological polar surface area (TPSA) is 32.3 Å². The zero-order chi connectivity index (χ0) is 18.6. The number of carbonyl (C=O) groups is 1. The van der Waals surface area contributed by atoms with E-state index in [0.29, 0.717) is 0 Å². The predicted octanol–water partition coefficient (Wildman–Crippen LogP) is 5.45. The van der Waals surface area contributed by atoms with Crippen LogP contribution in [0.2, 0.25) is 0 Å². The summed E-state index contributed by atoms with van der Waals surface area (Å²) in [5.74, 6) is 0.233. The molecule has 0 bridgehead atoms. The molecule has 0 aliphatic carbocycles. The first-order valence-electron chi connectivity index (χ1n) is 9.44. The fourth-order valence-electron chi connectivity index (χ4n) is 3.82. The van der Waals surface area contributed by atoms with Gasteiger partial charge < -0.3 is 5.32 Å². The first kappa shape index (κ1) is 18.2. The summed E-state index contributed by atoms with van der Waals surface area (Å²) in [4.78, 5) is 15.2. The predicted molar refractivity (Wildman–Crippen MR) is 115 cm³/mol. The van der Waals surface area contributed by atoms with E-state index in [0.717, 1.165) is 53.4 Å². The molecule has 1 heterocycles. The van der Waals surface area contributed by atoms with Crippen LogP contribution in [0.1, 0.15) is 18.4 Å². The van der Waals surface area contributed by atoms with Crippen LogP contribution in [0.25, 0.3) is 10.8 Å². The van der Waals surface area contributed by atoms with Crippen molar-refractivity contribution in [1.82, 2.24) is 4.90 Å². The molecule has 27 heavy (non-hydrogen) atoms. The number of rotatable bonds is 4. The maximum atomic E-state index is 12.8. The highest BCUT2D eigenvalue weighted by Gasteiger charge is 2.25. The molecular formula is C23H23BrN2O. The quantitative estimate of drug-likeness (QED) is 0.605. The van der Waals surface area contributed by atoms with Crippen molar-refractivity contribution < 1.29 is 4.79 Å². The average Bonchev–Trinajstić information content (AvgIpc) is 2.69. The third-order valence-electron chi connectivity index (χ3n) is 5.30. The van der Waals surface area contributed by atoms with Gasteiger partial charge in [-0.2, -0.15) is 0 Å². The monoisotopic (exact) mass is 422 g/mol. The molecule has 1 fully saturated rings. The Bertz CT molecular complexity index is 943. The van der Waals surface area contributed by atoms with Gasteiger partial charge in [-0.15, -0.1) is 0 Å². The van der Waals surface area contributed by atoms with Crippen molar-refractivity contribution in [1.29, 1.82) is 0 Å². The van der Waals surface area contributed by atoms with E-state index in [2.05, 4.69) is 62.5 Å². The second-order valence-electron chi connectivity index (χ2n) is 7.20. The number of amides is 1. The Labute approximate surface area is 168 Å². The standard InChI is InChI=1S/C23H23BrN2O/c24-20-8-3-5-17(15-20)16-26-13-11-19(12-14-26)23(27)25-22-10-4-7-18-6-1-2-9-21(18)22/h1-10,15,19H,11-14,16H2,(H,25,27). The zero-order valence-corrected chi connectivity index (χ0v) is 16.8. The van der Waals surface area contributed by atoms with E-state index in [1.165, 1.54) is 5.56 Å². The van der Waals surface area contributed by atoms with Crippen molar-refractivity contribution in [2.75, 3.05) is 18.4 Å². The number of hydrogen-bond donors (Lipinski definition) is 1. The molecule has 0 atom stereocenters. The highest BCUT2D eigenvalue weighted by atomic mass is 79.9. The number of anilines is 1. The molecule has 3 nitrogen and oxygen atoms in total. The minimum atomic E-state index is 0.0859. The Morgan fingerprint density at radius 2 is 1.74 bits per heavy atom. The minimum absolute atomic E-state index is 0.0859. The van der Waals surface area contributed by atoms with Gasteiger partial charge in [-0.25, -0.2) is 0 Å². The Morgan fingerprint density at radius 3 is 2.56 bits per heavy atom. The van der Waals surface area contributed by atoms with Crippen molar-refractivity contribution >= 4 is 38.3 Å². The SMILES string of the molecule is O=C(Nc1cccc2ccccc12)C1CCN(Cc2cccc(Br)c2)CC1. The Kier molecular flexibility index (Phi) is 5.55. The van der Waals surface area contributed by atoms with Gasteiger partial charge in [0.15, 0.2) is 0 Å².